The van der Waals surface area contributed by atoms with Crippen LogP contribution in [0.1, 0.15) is 46.0 Å². The van der Waals surface area contributed by atoms with E-state index in [1.807, 2.05) is 4.90 Å². The minimum absolute atomic E-state index is 0.226. The van der Waals surface area contributed by atoms with Crippen molar-refractivity contribution < 1.29 is 4.79 Å². The zero-order valence-corrected chi connectivity index (χ0v) is 10.6. The van der Waals surface area contributed by atoms with Crippen LogP contribution in [0.25, 0.3) is 0 Å². The first kappa shape index (κ1) is 11.9. The van der Waals surface area contributed by atoms with E-state index >= 15 is 0 Å². The number of carbonyl (C=O) groups is 1. The van der Waals surface area contributed by atoms with Gasteiger partial charge in [-0.3, -0.25) is 4.79 Å². The average molecular weight is 224 g/mol. The van der Waals surface area contributed by atoms with Crippen molar-refractivity contribution in [1.29, 1.82) is 0 Å². The molecule has 1 amide bonds. The van der Waals surface area contributed by atoms with Gasteiger partial charge in [-0.2, -0.15) is 0 Å². The lowest BCUT2D eigenvalue weighted by atomic mass is 9.70. The molecular formula is C13H24N2O. The minimum Gasteiger partial charge on any atom is -0.343 e. The van der Waals surface area contributed by atoms with Gasteiger partial charge >= 0.3 is 0 Å². The SMILES string of the molecule is CC(=O)N1CCC(NCC2(C)CCC2)CC1. The van der Waals surface area contributed by atoms with E-state index in [2.05, 4.69) is 12.2 Å². The summed E-state index contributed by atoms with van der Waals surface area (Å²) >= 11 is 0. The summed E-state index contributed by atoms with van der Waals surface area (Å²) in [4.78, 5) is 13.1. The normalized spacial score (nSPS) is 25.2. The molecule has 1 saturated heterocycles. The molecule has 92 valence electrons. The zero-order chi connectivity index (χ0) is 11.6. The summed E-state index contributed by atoms with van der Waals surface area (Å²) in [5.41, 5.74) is 0.567. The van der Waals surface area contributed by atoms with Crippen molar-refractivity contribution in [3.05, 3.63) is 0 Å². The van der Waals surface area contributed by atoms with Crippen molar-refractivity contribution in [2.45, 2.75) is 52.0 Å². The van der Waals surface area contributed by atoms with Crippen LogP contribution in [-0.4, -0.2) is 36.5 Å². The van der Waals surface area contributed by atoms with E-state index in [1.54, 1.807) is 6.92 Å². The molecule has 1 N–H and O–H groups in total. The Morgan fingerprint density at radius 3 is 2.44 bits per heavy atom. The van der Waals surface area contributed by atoms with Gasteiger partial charge in [-0.1, -0.05) is 13.3 Å². The average Bonchev–Trinajstić information content (AvgIpc) is 2.24. The second-order valence-corrected chi connectivity index (χ2v) is 5.83. The molecule has 3 nitrogen and oxygen atoms in total. The van der Waals surface area contributed by atoms with E-state index < -0.39 is 0 Å². The Labute approximate surface area is 98.6 Å². The van der Waals surface area contributed by atoms with Crippen molar-refractivity contribution in [2.24, 2.45) is 5.41 Å². The first-order chi connectivity index (χ1) is 7.59. The largest absolute Gasteiger partial charge is 0.343 e. The standard InChI is InChI=1S/C13H24N2O/c1-11(16)15-8-4-12(5-9-15)14-10-13(2)6-3-7-13/h12,14H,3-10H2,1-2H3. The van der Waals surface area contributed by atoms with Gasteiger partial charge in [0, 0.05) is 32.6 Å². The van der Waals surface area contributed by atoms with Crippen LogP contribution < -0.4 is 5.32 Å². The third kappa shape index (κ3) is 2.76. The lowest BCUT2D eigenvalue weighted by Crippen LogP contribution is -2.47. The number of likely N-dealkylation sites (tertiary alicyclic amines) is 1. The lowest BCUT2D eigenvalue weighted by molar-refractivity contribution is -0.129. The third-order valence-corrected chi connectivity index (χ3v) is 4.32. The number of amides is 1. The highest BCUT2D eigenvalue weighted by molar-refractivity contribution is 5.73. The van der Waals surface area contributed by atoms with Crippen molar-refractivity contribution in [3.63, 3.8) is 0 Å². The summed E-state index contributed by atoms with van der Waals surface area (Å²) in [6, 6.07) is 0.632. The Hall–Kier alpha value is -0.570. The van der Waals surface area contributed by atoms with Gasteiger partial charge in [0.25, 0.3) is 0 Å². The molecule has 0 aromatic rings. The van der Waals surface area contributed by atoms with Gasteiger partial charge in [-0.05, 0) is 31.1 Å². The summed E-state index contributed by atoms with van der Waals surface area (Å²) in [7, 11) is 0. The summed E-state index contributed by atoms with van der Waals surface area (Å²) in [6.45, 7) is 7.09. The Morgan fingerprint density at radius 2 is 2.00 bits per heavy atom. The van der Waals surface area contributed by atoms with Crippen molar-refractivity contribution in [3.8, 4) is 0 Å². The predicted molar refractivity (Wildman–Crippen MR) is 65.2 cm³/mol. The summed E-state index contributed by atoms with van der Waals surface area (Å²) in [5.74, 6) is 0.226. The van der Waals surface area contributed by atoms with E-state index in [-0.39, 0.29) is 5.91 Å². The molecule has 0 bridgehead atoms. The monoisotopic (exact) mass is 224 g/mol. The molecule has 1 saturated carbocycles. The fourth-order valence-corrected chi connectivity index (χ4v) is 2.75. The molecule has 0 unspecified atom stereocenters. The molecule has 2 rings (SSSR count). The van der Waals surface area contributed by atoms with Crippen LogP contribution >= 0.6 is 0 Å². The van der Waals surface area contributed by atoms with Crippen molar-refractivity contribution >= 4 is 5.91 Å². The topological polar surface area (TPSA) is 32.3 Å². The molecule has 0 spiro atoms. The molecule has 0 aromatic heterocycles. The first-order valence-corrected chi connectivity index (χ1v) is 6.58. The minimum atomic E-state index is 0.226. The number of nitrogens with zero attached hydrogens (tertiary/aromatic N) is 1. The molecule has 2 aliphatic rings. The maximum Gasteiger partial charge on any atom is 0.219 e. The van der Waals surface area contributed by atoms with Gasteiger partial charge in [-0.15, -0.1) is 0 Å². The van der Waals surface area contributed by atoms with Crippen molar-refractivity contribution in [1.82, 2.24) is 10.2 Å². The van der Waals surface area contributed by atoms with Crippen LogP contribution in [-0.2, 0) is 4.79 Å². The van der Waals surface area contributed by atoms with Crippen LogP contribution in [0.4, 0.5) is 0 Å². The van der Waals surface area contributed by atoms with Crippen LogP contribution in [0, 0.1) is 5.41 Å². The molecule has 1 aliphatic heterocycles. The molecular weight excluding hydrogens is 200 g/mol. The highest BCUT2D eigenvalue weighted by Crippen LogP contribution is 2.39. The molecule has 0 radical (unpaired) electrons. The van der Waals surface area contributed by atoms with Gasteiger partial charge in [0.1, 0.15) is 0 Å². The molecule has 2 fully saturated rings. The van der Waals surface area contributed by atoms with E-state index in [0.717, 1.165) is 32.5 Å². The summed E-state index contributed by atoms with van der Waals surface area (Å²) in [6.07, 6.45) is 6.41. The van der Waals surface area contributed by atoms with Crippen LogP contribution in [0.3, 0.4) is 0 Å². The maximum atomic E-state index is 11.2. The van der Waals surface area contributed by atoms with Gasteiger partial charge in [0.05, 0.1) is 0 Å². The van der Waals surface area contributed by atoms with Gasteiger partial charge in [-0.25, -0.2) is 0 Å². The number of piperidine rings is 1. The zero-order valence-electron chi connectivity index (χ0n) is 10.6. The molecule has 16 heavy (non-hydrogen) atoms. The lowest BCUT2D eigenvalue weighted by Gasteiger charge is -2.41. The predicted octanol–water partition coefficient (Wildman–Crippen LogP) is 1.78. The second kappa shape index (κ2) is 4.74. The highest BCUT2D eigenvalue weighted by atomic mass is 16.2. The van der Waals surface area contributed by atoms with E-state index in [1.165, 1.54) is 19.3 Å². The van der Waals surface area contributed by atoms with Gasteiger partial charge in [0.15, 0.2) is 0 Å². The van der Waals surface area contributed by atoms with Gasteiger partial charge < -0.3 is 10.2 Å². The fourth-order valence-electron chi connectivity index (χ4n) is 2.75. The first-order valence-electron chi connectivity index (χ1n) is 6.58. The van der Waals surface area contributed by atoms with E-state index in [0.29, 0.717) is 11.5 Å². The highest BCUT2D eigenvalue weighted by Gasteiger charge is 2.32. The quantitative estimate of drug-likeness (QED) is 0.792. The second-order valence-electron chi connectivity index (χ2n) is 5.83. The number of nitrogens with one attached hydrogen (secondary N) is 1. The van der Waals surface area contributed by atoms with E-state index in [9.17, 15) is 4.79 Å². The van der Waals surface area contributed by atoms with Crippen LogP contribution in [0.15, 0.2) is 0 Å². The summed E-state index contributed by atoms with van der Waals surface area (Å²) in [5, 5.41) is 3.69. The Balaban J connectivity index is 1.67. The third-order valence-electron chi connectivity index (χ3n) is 4.32. The van der Waals surface area contributed by atoms with Gasteiger partial charge in [0.2, 0.25) is 5.91 Å². The number of hydrogen-bond donors (Lipinski definition) is 1. The smallest absolute Gasteiger partial charge is 0.219 e. The Kier molecular flexibility index (Phi) is 3.53. The Morgan fingerprint density at radius 1 is 1.38 bits per heavy atom. The van der Waals surface area contributed by atoms with E-state index in [4.69, 9.17) is 0 Å². The molecule has 0 atom stereocenters. The Bertz CT molecular complexity index is 253. The number of rotatable bonds is 3. The number of carbonyl (C=O) groups excluding carboxylic acids is 1. The molecule has 3 heteroatoms. The molecule has 1 heterocycles. The molecule has 0 aromatic carbocycles. The number of hydrogen-bond acceptors (Lipinski definition) is 2. The summed E-state index contributed by atoms with van der Waals surface area (Å²) < 4.78 is 0. The fraction of sp³-hybridized carbons (Fsp3) is 0.923. The van der Waals surface area contributed by atoms with Crippen LogP contribution in [0.5, 0.6) is 0 Å². The maximum absolute atomic E-state index is 11.2. The van der Waals surface area contributed by atoms with Crippen molar-refractivity contribution in [2.75, 3.05) is 19.6 Å². The van der Waals surface area contributed by atoms with Crippen LogP contribution in [0.2, 0.25) is 0 Å². The molecule has 1 aliphatic carbocycles.